The number of rotatable bonds is 3. The number of thioether (sulfide) groups is 2. The summed E-state index contributed by atoms with van der Waals surface area (Å²) in [6.45, 7) is 0.953. The van der Waals surface area contributed by atoms with Crippen molar-refractivity contribution in [3.63, 3.8) is 0 Å². The molecule has 1 aromatic rings. The predicted molar refractivity (Wildman–Crippen MR) is 71.3 cm³/mol. The number of hydrogen-bond acceptors (Lipinski definition) is 4. The van der Waals surface area contributed by atoms with Crippen LogP contribution in [0.2, 0.25) is 5.02 Å². The van der Waals surface area contributed by atoms with Crippen LogP contribution in [0.4, 0.5) is 5.82 Å². The van der Waals surface area contributed by atoms with Crippen LogP contribution in [0.5, 0.6) is 0 Å². The Morgan fingerprint density at radius 3 is 3.20 bits per heavy atom. The first-order chi connectivity index (χ1) is 7.36. The molecule has 2 nitrogen and oxygen atoms in total. The second-order valence-corrected chi connectivity index (χ2v) is 6.25. The van der Waals surface area contributed by atoms with Gasteiger partial charge in [0.2, 0.25) is 0 Å². The van der Waals surface area contributed by atoms with Crippen molar-refractivity contribution in [2.24, 2.45) is 0 Å². The molecule has 1 N–H and O–H groups in total. The van der Waals surface area contributed by atoms with Crippen LogP contribution in [0.25, 0.3) is 0 Å². The highest BCUT2D eigenvalue weighted by Crippen LogP contribution is 2.25. The zero-order valence-corrected chi connectivity index (χ0v) is 10.7. The molecular weight excluding hydrogens is 248 g/mol. The van der Waals surface area contributed by atoms with Crippen LogP contribution < -0.4 is 5.32 Å². The van der Waals surface area contributed by atoms with Gasteiger partial charge in [0.25, 0.3) is 0 Å². The molecule has 0 aliphatic carbocycles. The maximum absolute atomic E-state index is 6.00. The van der Waals surface area contributed by atoms with Gasteiger partial charge in [0.15, 0.2) is 0 Å². The Balaban J connectivity index is 1.84. The van der Waals surface area contributed by atoms with E-state index in [-0.39, 0.29) is 0 Å². The quantitative estimate of drug-likeness (QED) is 0.903. The van der Waals surface area contributed by atoms with Crippen molar-refractivity contribution in [3.05, 3.63) is 23.4 Å². The van der Waals surface area contributed by atoms with Crippen LogP contribution in [0.15, 0.2) is 18.3 Å². The third-order valence-corrected chi connectivity index (χ3v) is 5.29. The SMILES string of the molecule is Clc1cccnc1NCC1CSCCS1. The number of nitrogens with one attached hydrogen (secondary N) is 1. The van der Waals surface area contributed by atoms with E-state index in [2.05, 4.69) is 10.3 Å². The fourth-order valence-corrected chi connectivity index (χ4v) is 4.18. The van der Waals surface area contributed by atoms with Gasteiger partial charge in [-0.2, -0.15) is 23.5 Å². The first-order valence-electron chi connectivity index (χ1n) is 4.90. The molecule has 2 heterocycles. The number of halogens is 1. The summed E-state index contributed by atoms with van der Waals surface area (Å²) in [5.74, 6) is 4.57. The van der Waals surface area contributed by atoms with Gasteiger partial charge in [-0.1, -0.05) is 11.6 Å². The van der Waals surface area contributed by atoms with Gasteiger partial charge in [0.1, 0.15) is 5.82 Å². The van der Waals surface area contributed by atoms with Gasteiger partial charge in [-0.25, -0.2) is 4.98 Å². The largest absolute Gasteiger partial charge is 0.368 e. The molecule has 1 aliphatic rings. The minimum atomic E-state index is 0.682. The summed E-state index contributed by atoms with van der Waals surface area (Å²) >= 11 is 10.1. The van der Waals surface area contributed by atoms with Gasteiger partial charge in [-0.05, 0) is 12.1 Å². The monoisotopic (exact) mass is 260 g/mol. The summed E-state index contributed by atoms with van der Waals surface area (Å²) in [5, 5.41) is 4.69. The molecule has 15 heavy (non-hydrogen) atoms. The molecular formula is C10H13ClN2S2. The third-order valence-electron chi connectivity index (χ3n) is 2.14. The Morgan fingerprint density at radius 1 is 1.53 bits per heavy atom. The predicted octanol–water partition coefficient (Wildman–Crippen LogP) is 3.00. The number of nitrogens with zero attached hydrogens (tertiary/aromatic N) is 1. The standard InChI is InChI=1S/C10H13ClN2S2/c11-9-2-1-3-12-10(9)13-6-8-7-14-4-5-15-8/h1-3,8H,4-7H2,(H,12,13). The van der Waals surface area contributed by atoms with Crippen molar-refractivity contribution in [1.29, 1.82) is 0 Å². The number of hydrogen-bond donors (Lipinski definition) is 1. The van der Waals surface area contributed by atoms with Crippen LogP contribution in [0, 0.1) is 0 Å². The van der Waals surface area contributed by atoms with Crippen molar-refractivity contribution in [2.75, 3.05) is 29.1 Å². The maximum atomic E-state index is 6.00. The van der Waals surface area contributed by atoms with Crippen molar-refractivity contribution in [3.8, 4) is 0 Å². The molecule has 82 valence electrons. The lowest BCUT2D eigenvalue weighted by molar-refractivity contribution is 0.993. The number of anilines is 1. The highest BCUT2D eigenvalue weighted by Gasteiger charge is 2.14. The Labute approximate surface area is 104 Å². The van der Waals surface area contributed by atoms with Crippen LogP contribution in [0.1, 0.15) is 0 Å². The zero-order chi connectivity index (χ0) is 10.5. The number of pyridine rings is 1. The third kappa shape index (κ3) is 3.47. The molecule has 0 bridgehead atoms. The van der Waals surface area contributed by atoms with Crippen LogP contribution >= 0.6 is 35.1 Å². The summed E-state index contributed by atoms with van der Waals surface area (Å²) in [7, 11) is 0. The first kappa shape index (κ1) is 11.4. The summed E-state index contributed by atoms with van der Waals surface area (Å²) < 4.78 is 0. The highest BCUT2D eigenvalue weighted by molar-refractivity contribution is 8.06. The van der Waals surface area contributed by atoms with Crippen molar-refractivity contribution in [1.82, 2.24) is 4.98 Å². The Morgan fingerprint density at radius 2 is 2.47 bits per heavy atom. The molecule has 1 unspecified atom stereocenters. The molecule has 1 aliphatic heterocycles. The van der Waals surface area contributed by atoms with E-state index in [4.69, 9.17) is 11.6 Å². The second-order valence-electron chi connectivity index (χ2n) is 3.28. The summed E-state index contributed by atoms with van der Waals surface area (Å²) in [4.78, 5) is 4.20. The molecule has 0 radical (unpaired) electrons. The minimum absolute atomic E-state index is 0.682. The Hall–Kier alpha value is -0.0600. The molecule has 0 saturated carbocycles. The smallest absolute Gasteiger partial charge is 0.144 e. The van der Waals surface area contributed by atoms with Gasteiger partial charge >= 0.3 is 0 Å². The van der Waals surface area contributed by atoms with Gasteiger partial charge in [-0.15, -0.1) is 0 Å². The molecule has 5 heteroatoms. The molecule has 1 aromatic heterocycles. The molecule has 0 aromatic carbocycles. The van der Waals surface area contributed by atoms with Gasteiger partial charge in [0, 0.05) is 35.3 Å². The fraction of sp³-hybridized carbons (Fsp3) is 0.500. The summed E-state index contributed by atoms with van der Waals surface area (Å²) in [6.07, 6.45) is 1.76. The van der Waals surface area contributed by atoms with Gasteiger partial charge in [0.05, 0.1) is 5.02 Å². The Kier molecular flexibility index (Phi) is 4.47. The van der Waals surface area contributed by atoms with E-state index in [9.17, 15) is 0 Å². The first-order valence-corrected chi connectivity index (χ1v) is 7.48. The van der Waals surface area contributed by atoms with Crippen molar-refractivity contribution >= 4 is 40.9 Å². The maximum Gasteiger partial charge on any atom is 0.144 e. The van der Waals surface area contributed by atoms with E-state index in [1.54, 1.807) is 6.20 Å². The van der Waals surface area contributed by atoms with Crippen molar-refractivity contribution < 1.29 is 0 Å². The van der Waals surface area contributed by atoms with E-state index in [1.807, 2.05) is 35.7 Å². The molecule has 1 saturated heterocycles. The summed E-state index contributed by atoms with van der Waals surface area (Å²) in [6, 6.07) is 3.71. The molecule has 1 atom stereocenters. The lowest BCUT2D eigenvalue weighted by atomic mass is 10.4. The average Bonchev–Trinajstić information content (AvgIpc) is 2.29. The van der Waals surface area contributed by atoms with E-state index in [0.717, 1.165) is 12.4 Å². The zero-order valence-electron chi connectivity index (χ0n) is 8.28. The molecule has 2 rings (SSSR count). The molecule has 1 fully saturated rings. The summed E-state index contributed by atoms with van der Waals surface area (Å²) in [5.41, 5.74) is 0. The van der Waals surface area contributed by atoms with Gasteiger partial charge in [-0.3, -0.25) is 0 Å². The number of aromatic nitrogens is 1. The average molecular weight is 261 g/mol. The highest BCUT2D eigenvalue weighted by atomic mass is 35.5. The lowest BCUT2D eigenvalue weighted by Gasteiger charge is -2.21. The molecule has 0 spiro atoms. The van der Waals surface area contributed by atoms with E-state index < -0.39 is 0 Å². The second kappa shape index (κ2) is 5.87. The van der Waals surface area contributed by atoms with E-state index in [1.165, 1.54) is 17.3 Å². The van der Waals surface area contributed by atoms with Crippen LogP contribution in [-0.4, -0.2) is 34.0 Å². The lowest BCUT2D eigenvalue weighted by Crippen LogP contribution is -2.23. The normalized spacial score (nSPS) is 21.3. The fourth-order valence-electron chi connectivity index (χ4n) is 1.38. The minimum Gasteiger partial charge on any atom is -0.368 e. The van der Waals surface area contributed by atoms with E-state index in [0.29, 0.717) is 10.3 Å². The molecule has 0 amide bonds. The van der Waals surface area contributed by atoms with Crippen molar-refractivity contribution in [2.45, 2.75) is 5.25 Å². The van der Waals surface area contributed by atoms with Crippen LogP contribution in [0.3, 0.4) is 0 Å². The Bertz CT molecular complexity index is 316. The van der Waals surface area contributed by atoms with Crippen LogP contribution in [-0.2, 0) is 0 Å². The van der Waals surface area contributed by atoms with Gasteiger partial charge < -0.3 is 5.32 Å². The van der Waals surface area contributed by atoms with E-state index >= 15 is 0 Å². The topological polar surface area (TPSA) is 24.9 Å².